The highest BCUT2D eigenvalue weighted by Gasteiger charge is 2.21. The van der Waals surface area contributed by atoms with Crippen molar-refractivity contribution in [1.82, 2.24) is 3.97 Å². The molecular formula is C15H12INO3S. The topological polar surface area (TPSA) is 48.3 Å². The predicted molar refractivity (Wildman–Crippen MR) is 90.2 cm³/mol. The van der Waals surface area contributed by atoms with Crippen molar-refractivity contribution in [2.45, 2.75) is 4.90 Å². The third-order valence-corrected chi connectivity index (χ3v) is 6.09. The highest BCUT2D eigenvalue weighted by atomic mass is 127. The molecule has 0 aliphatic carbocycles. The number of methoxy groups -OCH3 is 1. The summed E-state index contributed by atoms with van der Waals surface area (Å²) in [5.74, 6) is 0.626. The summed E-state index contributed by atoms with van der Waals surface area (Å²) in [5.41, 5.74) is 0.678. The number of fused-ring (bicyclic) bond motifs is 1. The van der Waals surface area contributed by atoms with Crippen LogP contribution in [0.2, 0.25) is 0 Å². The lowest BCUT2D eigenvalue weighted by molar-refractivity contribution is 0.414. The summed E-state index contributed by atoms with van der Waals surface area (Å²) in [6.07, 6.45) is 0. The average molecular weight is 413 g/mol. The molecule has 0 bridgehead atoms. The Morgan fingerprint density at radius 2 is 1.71 bits per heavy atom. The molecule has 0 N–H and O–H groups in total. The lowest BCUT2D eigenvalue weighted by Gasteiger charge is -2.09. The number of ether oxygens (including phenoxy) is 1. The maximum Gasteiger partial charge on any atom is 0.269 e. The molecule has 3 aromatic rings. The molecule has 0 aliphatic rings. The van der Waals surface area contributed by atoms with Gasteiger partial charge in [-0.15, -0.1) is 0 Å². The Labute approximate surface area is 136 Å². The molecule has 0 unspecified atom stereocenters. The smallest absolute Gasteiger partial charge is 0.269 e. The van der Waals surface area contributed by atoms with E-state index in [4.69, 9.17) is 4.74 Å². The maximum absolute atomic E-state index is 12.8. The Hall–Kier alpha value is -1.54. The minimum atomic E-state index is -3.62. The zero-order valence-electron chi connectivity index (χ0n) is 11.2. The van der Waals surface area contributed by atoms with Gasteiger partial charge >= 0.3 is 0 Å². The summed E-state index contributed by atoms with van der Waals surface area (Å²) in [4.78, 5) is 0.238. The average Bonchev–Trinajstić information content (AvgIpc) is 2.83. The molecule has 1 aromatic heterocycles. The molecule has 0 saturated heterocycles. The molecule has 0 spiro atoms. The molecule has 0 aliphatic heterocycles. The third-order valence-electron chi connectivity index (χ3n) is 3.22. The quantitative estimate of drug-likeness (QED) is 0.618. The zero-order chi connectivity index (χ0) is 15.0. The number of benzene rings is 2. The number of para-hydroxylation sites is 1. The molecule has 4 nitrogen and oxygen atoms in total. The number of halogens is 1. The van der Waals surface area contributed by atoms with Crippen molar-refractivity contribution in [1.29, 1.82) is 0 Å². The molecule has 21 heavy (non-hydrogen) atoms. The molecule has 0 amide bonds. The van der Waals surface area contributed by atoms with Crippen molar-refractivity contribution >= 4 is 43.5 Å². The van der Waals surface area contributed by atoms with Crippen LogP contribution in [0.5, 0.6) is 5.75 Å². The predicted octanol–water partition coefficient (Wildman–Crippen LogP) is 3.49. The maximum atomic E-state index is 12.8. The first-order chi connectivity index (χ1) is 10.0. The first kappa shape index (κ1) is 14.4. The molecule has 3 rings (SSSR count). The van der Waals surface area contributed by atoms with Crippen molar-refractivity contribution in [3.05, 3.63) is 58.3 Å². The van der Waals surface area contributed by atoms with Crippen molar-refractivity contribution in [2.24, 2.45) is 0 Å². The van der Waals surface area contributed by atoms with E-state index in [1.165, 1.54) is 3.97 Å². The second kappa shape index (κ2) is 5.34. The fourth-order valence-corrected chi connectivity index (χ4v) is 4.97. The van der Waals surface area contributed by atoms with Gasteiger partial charge in [-0.05, 0) is 59.0 Å². The van der Waals surface area contributed by atoms with Crippen molar-refractivity contribution in [2.75, 3.05) is 7.11 Å². The van der Waals surface area contributed by atoms with Crippen LogP contribution in [-0.2, 0) is 10.0 Å². The van der Waals surface area contributed by atoms with Gasteiger partial charge in [0.25, 0.3) is 10.0 Å². The first-order valence-corrected chi connectivity index (χ1v) is 8.71. The zero-order valence-corrected chi connectivity index (χ0v) is 14.1. The monoisotopic (exact) mass is 413 g/mol. The van der Waals surface area contributed by atoms with Gasteiger partial charge in [-0.2, -0.15) is 0 Å². The molecule has 0 radical (unpaired) electrons. The largest absolute Gasteiger partial charge is 0.497 e. The van der Waals surface area contributed by atoms with E-state index in [-0.39, 0.29) is 4.90 Å². The Balaban J connectivity index is 2.22. The Morgan fingerprint density at radius 1 is 1.05 bits per heavy atom. The summed E-state index contributed by atoms with van der Waals surface area (Å²) in [5, 5.41) is 0.902. The van der Waals surface area contributed by atoms with Gasteiger partial charge in [0.2, 0.25) is 0 Å². The van der Waals surface area contributed by atoms with Crippen molar-refractivity contribution in [3.8, 4) is 5.75 Å². The van der Waals surface area contributed by atoms with Crippen LogP contribution in [0.4, 0.5) is 0 Å². The summed E-state index contributed by atoms with van der Waals surface area (Å²) in [7, 11) is -2.08. The van der Waals surface area contributed by atoms with E-state index in [0.717, 1.165) is 5.39 Å². The summed E-state index contributed by atoms with van der Waals surface area (Å²) in [6, 6.07) is 15.7. The molecule has 0 saturated carbocycles. The van der Waals surface area contributed by atoms with Crippen LogP contribution >= 0.6 is 22.6 Å². The molecular weight excluding hydrogens is 401 g/mol. The van der Waals surface area contributed by atoms with Crippen LogP contribution in [-0.4, -0.2) is 19.5 Å². The summed E-state index contributed by atoms with van der Waals surface area (Å²) >= 11 is 2.04. The van der Waals surface area contributed by atoms with Crippen LogP contribution in [0.25, 0.3) is 10.9 Å². The normalized spacial score (nSPS) is 11.7. The number of aromatic nitrogens is 1. The minimum absolute atomic E-state index is 0.238. The lowest BCUT2D eigenvalue weighted by atomic mass is 10.3. The molecule has 108 valence electrons. The van der Waals surface area contributed by atoms with Crippen LogP contribution in [0.15, 0.2) is 59.5 Å². The van der Waals surface area contributed by atoms with E-state index < -0.39 is 10.0 Å². The van der Waals surface area contributed by atoms with Crippen LogP contribution in [0.1, 0.15) is 0 Å². The molecule has 6 heteroatoms. The molecule has 2 aromatic carbocycles. The van der Waals surface area contributed by atoms with E-state index in [0.29, 0.717) is 15.0 Å². The number of rotatable bonds is 3. The minimum Gasteiger partial charge on any atom is -0.497 e. The van der Waals surface area contributed by atoms with Gasteiger partial charge in [0.15, 0.2) is 0 Å². The fraction of sp³-hybridized carbons (Fsp3) is 0.0667. The van der Waals surface area contributed by atoms with E-state index in [1.54, 1.807) is 37.4 Å². The van der Waals surface area contributed by atoms with Gasteiger partial charge in [-0.1, -0.05) is 18.2 Å². The third kappa shape index (κ3) is 2.42. The fourth-order valence-electron chi connectivity index (χ4n) is 2.19. The van der Waals surface area contributed by atoms with Gasteiger partial charge in [0.05, 0.1) is 21.2 Å². The van der Waals surface area contributed by atoms with Gasteiger partial charge in [0, 0.05) is 5.39 Å². The second-order valence-electron chi connectivity index (χ2n) is 4.47. The summed E-state index contributed by atoms with van der Waals surface area (Å²) < 4.78 is 32.8. The van der Waals surface area contributed by atoms with E-state index in [9.17, 15) is 8.42 Å². The molecule has 0 fully saturated rings. The Kier molecular flexibility index (Phi) is 3.66. The van der Waals surface area contributed by atoms with Crippen LogP contribution in [0, 0.1) is 3.70 Å². The second-order valence-corrected chi connectivity index (χ2v) is 7.36. The lowest BCUT2D eigenvalue weighted by Crippen LogP contribution is -2.14. The van der Waals surface area contributed by atoms with Gasteiger partial charge in [-0.3, -0.25) is 0 Å². The van der Waals surface area contributed by atoms with E-state index in [1.807, 2.05) is 46.9 Å². The number of nitrogens with zero attached hydrogens (tertiary/aromatic N) is 1. The van der Waals surface area contributed by atoms with Crippen LogP contribution in [0.3, 0.4) is 0 Å². The SMILES string of the molecule is COc1ccc(S(=O)(=O)n2c(I)cc3ccccc32)cc1. The van der Waals surface area contributed by atoms with Gasteiger partial charge in [-0.25, -0.2) is 12.4 Å². The number of hydrogen-bond acceptors (Lipinski definition) is 3. The van der Waals surface area contributed by atoms with E-state index in [2.05, 4.69) is 0 Å². The van der Waals surface area contributed by atoms with Crippen molar-refractivity contribution in [3.63, 3.8) is 0 Å². The van der Waals surface area contributed by atoms with Crippen LogP contribution < -0.4 is 4.74 Å². The van der Waals surface area contributed by atoms with Gasteiger partial charge < -0.3 is 4.74 Å². The van der Waals surface area contributed by atoms with Gasteiger partial charge in [0.1, 0.15) is 5.75 Å². The Bertz CT molecular complexity index is 898. The highest BCUT2D eigenvalue weighted by molar-refractivity contribution is 14.1. The molecule has 1 heterocycles. The standard InChI is InChI=1S/C15H12INO3S/c1-20-12-6-8-13(9-7-12)21(18,19)17-14-5-3-2-4-11(14)10-15(17)16/h2-10H,1H3. The Morgan fingerprint density at radius 3 is 2.38 bits per heavy atom. The van der Waals surface area contributed by atoms with E-state index >= 15 is 0 Å². The highest BCUT2D eigenvalue weighted by Crippen LogP contribution is 2.27. The molecule has 0 atom stereocenters. The first-order valence-electron chi connectivity index (χ1n) is 6.19. The number of hydrogen-bond donors (Lipinski definition) is 0. The van der Waals surface area contributed by atoms with Crippen molar-refractivity contribution < 1.29 is 13.2 Å². The summed E-state index contributed by atoms with van der Waals surface area (Å²) in [6.45, 7) is 0.